The Morgan fingerprint density at radius 1 is 1.10 bits per heavy atom. The summed E-state index contributed by atoms with van der Waals surface area (Å²) in [7, 11) is 0. The van der Waals surface area contributed by atoms with Gasteiger partial charge in [0.25, 0.3) is 5.91 Å². The van der Waals surface area contributed by atoms with E-state index in [1.54, 1.807) is 0 Å². The predicted molar refractivity (Wildman–Crippen MR) is 120 cm³/mol. The zero-order valence-corrected chi connectivity index (χ0v) is 18.5. The van der Waals surface area contributed by atoms with E-state index in [1.807, 2.05) is 0 Å². The minimum absolute atomic E-state index is 0.00154. The zero-order chi connectivity index (χ0) is 21.0. The Morgan fingerprint density at radius 3 is 2.52 bits per heavy atom. The molecule has 0 saturated carbocycles. The fourth-order valence-corrected chi connectivity index (χ4v) is 4.13. The normalized spacial score (nSPS) is 14.8. The molecule has 0 unspecified atom stereocenters. The molecule has 0 atom stereocenters. The number of carbonyl (C=O) groups is 1. The van der Waals surface area contributed by atoms with Crippen molar-refractivity contribution in [1.29, 1.82) is 0 Å². The van der Waals surface area contributed by atoms with Gasteiger partial charge in [0.15, 0.2) is 0 Å². The highest BCUT2D eigenvalue weighted by molar-refractivity contribution is 6.45. The second-order valence-electron chi connectivity index (χ2n) is 7.15. The number of anilines is 1. The molecule has 5 nitrogen and oxygen atoms in total. The number of amides is 1. The molecule has 0 aliphatic carbocycles. The van der Waals surface area contributed by atoms with Crippen molar-refractivity contribution < 1.29 is 9.90 Å². The number of hydrogen-bond acceptors (Lipinski definition) is 4. The first-order valence-corrected chi connectivity index (χ1v) is 10.7. The quantitative estimate of drug-likeness (QED) is 0.492. The van der Waals surface area contributed by atoms with Gasteiger partial charge in [0.1, 0.15) is 11.3 Å². The fourth-order valence-electron chi connectivity index (χ4n) is 3.44. The molecule has 0 aromatic heterocycles. The monoisotopic (exact) mass is 455 g/mol. The maximum absolute atomic E-state index is 12.4. The van der Waals surface area contributed by atoms with Crippen molar-refractivity contribution in [2.75, 3.05) is 44.2 Å². The molecule has 0 bridgehead atoms. The molecule has 1 heterocycles. The van der Waals surface area contributed by atoms with Gasteiger partial charge in [-0.2, -0.15) is 0 Å². The number of nitrogens with one attached hydrogen (secondary N) is 1. The minimum atomic E-state index is -0.485. The van der Waals surface area contributed by atoms with Gasteiger partial charge < -0.3 is 15.3 Å². The number of halogens is 3. The lowest BCUT2D eigenvalue weighted by molar-refractivity contribution is 0.0949. The van der Waals surface area contributed by atoms with Crippen LogP contribution < -0.4 is 10.2 Å². The maximum Gasteiger partial charge on any atom is 0.256 e. The smallest absolute Gasteiger partial charge is 0.256 e. The largest absolute Gasteiger partial charge is 0.505 e. The summed E-state index contributed by atoms with van der Waals surface area (Å²) >= 11 is 17.9. The van der Waals surface area contributed by atoms with E-state index in [0.717, 1.165) is 39.1 Å². The van der Waals surface area contributed by atoms with Crippen molar-refractivity contribution in [2.24, 2.45) is 0 Å². The number of carbonyl (C=O) groups excluding carboxylic acids is 1. The van der Waals surface area contributed by atoms with Crippen LogP contribution in [-0.2, 0) is 0 Å². The average molecular weight is 457 g/mol. The van der Waals surface area contributed by atoms with E-state index in [2.05, 4.69) is 46.3 Å². The zero-order valence-electron chi connectivity index (χ0n) is 16.2. The van der Waals surface area contributed by atoms with Crippen molar-refractivity contribution in [3.8, 4) is 5.75 Å². The van der Waals surface area contributed by atoms with Gasteiger partial charge in [-0.15, -0.1) is 0 Å². The van der Waals surface area contributed by atoms with Gasteiger partial charge in [0.2, 0.25) is 0 Å². The molecule has 1 saturated heterocycles. The van der Waals surface area contributed by atoms with Crippen molar-refractivity contribution in [3.63, 3.8) is 0 Å². The van der Waals surface area contributed by atoms with Crippen molar-refractivity contribution in [1.82, 2.24) is 10.2 Å². The van der Waals surface area contributed by atoms with E-state index >= 15 is 0 Å². The Morgan fingerprint density at radius 2 is 1.83 bits per heavy atom. The number of hydrogen-bond donors (Lipinski definition) is 2. The van der Waals surface area contributed by atoms with Gasteiger partial charge in [-0.25, -0.2) is 0 Å². The first-order valence-electron chi connectivity index (χ1n) is 9.55. The van der Waals surface area contributed by atoms with Crippen LogP contribution in [0.25, 0.3) is 0 Å². The summed E-state index contributed by atoms with van der Waals surface area (Å²) in [6, 6.07) is 9.89. The van der Waals surface area contributed by atoms with Crippen LogP contribution in [0.3, 0.4) is 0 Å². The Hall–Kier alpha value is -1.66. The fraction of sp³-hybridized carbons (Fsp3) is 0.381. The lowest BCUT2D eigenvalue weighted by atomic mass is 10.1. The number of nitrogens with zero attached hydrogens (tertiary/aromatic N) is 2. The van der Waals surface area contributed by atoms with Gasteiger partial charge in [-0.1, -0.05) is 46.9 Å². The van der Waals surface area contributed by atoms with E-state index in [9.17, 15) is 9.90 Å². The van der Waals surface area contributed by atoms with Crippen molar-refractivity contribution in [3.05, 3.63) is 56.5 Å². The van der Waals surface area contributed by atoms with E-state index in [1.165, 1.54) is 17.3 Å². The number of benzene rings is 2. The van der Waals surface area contributed by atoms with Gasteiger partial charge in [0.05, 0.1) is 15.1 Å². The topological polar surface area (TPSA) is 55.8 Å². The Kier molecular flexibility index (Phi) is 7.52. The van der Waals surface area contributed by atoms with E-state index in [4.69, 9.17) is 34.8 Å². The first-order chi connectivity index (χ1) is 13.9. The SMILES string of the molecule is Cc1cccc(N2CCN(CCCNC(=O)c3c(O)c(Cl)cc(Cl)c3Cl)CC2)c1. The molecule has 1 aliphatic heterocycles. The van der Waals surface area contributed by atoms with Crippen LogP contribution in [0.4, 0.5) is 5.69 Å². The van der Waals surface area contributed by atoms with Crippen LogP contribution >= 0.6 is 34.8 Å². The highest BCUT2D eigenvalue weighted by atomic mass is 35.5. The summed E-state index contributed by atoms with van der Waals surface area (Å²) in [4.78, 5) is 17.2. The van der Waals surface area contributed by atoms with Crippen LogP contribution in [0, 0.1) is 6.92 Å². The molecule has 1 fully saturated rings. The maximum atomic E-state index is 12.4. The Balaban J connectivity index is 1.43. The third-order valence-corrected chi connectivity index (χ3v) is 6.12. The molecule has 2 aromatic rings. The lowest BCUT2D eigenvalue weighted by Crippen LogP contribution is -2.47. The molecule has 3 rings (SSSR count). The molecule has 156 valence electrons. The standard InChI is InChI=1S/C21H24Cl3N3O2/c1-14-4-2-5-15(12-14)27-10-8-26(9-11-27)7-3-6-25-21(29)18-19(24)16(22)13-17(23)20(18)28/h2,4-5,12-13,28H,3,6-11H2,1H3,(H,25,29). The predicted octanol–water partition coefficient (Wildman–Crippen LogP) is 4.60. The summed E-state index contributed by atoms with van der Waals surface area (Å²) in [5.41, 5.74) is 2.46. The summed E-state index contributed by atoms with van der Waals surface area (Å²) < 4.78 is 0. The molecule has 0 radical (unpaired) electrons. The van der Waals surface area contributed by atoms with E-state index < -0.39 is 5.91 Å². The van der Waals surface area contributed by atoms with Crippen LogP contribution in [0.2, 0.25) is 15.1 Å². The molecule has 1 aliphatic rings. The second-order valence-corrected chi connectivity index (χ2v) is 8.35. The number of aryl methyl sites for hydroxylation is 1. The number of phenols is 1. The Labute approximate surface area is 186 Å². The van der Waals surface area contributed by atoms with Crippen LogP contribution in [0.5, 0.6) is 5.75 Å². The van der Waals surface area contributed by atoms with Gasteiger partial charge in [-0.3, -0.25) is 9.69 Å². The van der Waals surface area contributed by atoms with Gasteiger partial charge in [0, 0.05) is 38.4 Å². The summed E-state index contributed by atoms with van der Waals surface area (Å²) in [5, 5.41) is 12.9. The molecule has 8 heteroatoms. The highest BCUT2D eigenvalue weighted by Gasteiger charge is 2.21. The third-order valence-electron chi connectivity index (χ3n) is 5.05. The molecule has 29 heavy (non-hydrogen) atoms. The number of phenolic OH excluding ortho intramolecular Hbond substituents is 1. The average Bonchev–Trinajstić information content (AvgIpc) is 2.70. The minimum Gasteiger partial charge on any atom is -0.505 e. The molecule has 2 N–H and O–H groups in total. The summed E-state index contributed by atoms with van der Waals surface area (Å²) in [5.74, 6) is -0.841. The second kappa shape index (κ2) is 9.90. The number of aromatic hydroxyl groups is 1. The van der Waals surface area contributed by atoms with Crippen molar-refractivity contribution >= 4 is 46.4 Å². The van der Waals surface area contributed by atoms with E-state index in [-0.39, 0.29) is 26.4 Å². The molecular weight excluding hydrogens is 433 g/mol. The summed E-state index contributed by atoms with van der Waals surface area (Å²) in [6.45, 7) is 7.41. The highest BCUT2D eigenvalue weighted by Crippen LogP contribution is 2.38. The third kappa shape index (κ3) is 5.48. The summed E-state index contributed by atoms with van der Waals surface area (Å²) in [6.07, 6.45) is 0.795. The van der Waals surface area contributed by atoms with Gasteiger partial charge in [-0.05, 0) is 43.7 Å². The van der Waals surface area contributed by atoms with Crippen LogP contribution in [-0.4, -0.2) is 55.2 Å². The molecule has 2 aromatic carbocycles. The molecule has 1 amide bonds. The van der Waals surface area contributed by atoms with Gasteiger partial charge >= 0.3 is 0 Å². The number of piperazine rings is 1. The van der Waals surface area contributed by atoms with E-state index in [0.29, 0.717) is 6.54 Å². The lowest BCUT2D eigenvalue weighted by Gasteiger charge is -2.36. The molecular formula is C21H24Cl3N3O2. The van der Waals surface area contributed by atoms with Crippen molar-refractivity contribution in [2.45, 2.75) is 13.3 Å². The van der Waals surface area contributed by atoms with Crippen LogP contribution in [0.15, 0.2) is 30.3 Å². The Bertz CT molecular complexity index is 857. The van der Waals surface area contributed by atoms with Crippen LogP contribution in [0.1, 0.15) is 22.3 Å². The first kappa shape index (κ1) is 22.0. The molecule has 0 spiro atoms. The number of rotatable bonds is 6.